The van der Waals surface area contributed by atoms with Gasteiger partial charge in [-0.3, -0.25) is 0 Å². The second kappa shape index (κ2) is 9.14. The number of rotatable bonds is 8. The maximum absolute atomic E-state index is 13.0. The van der Waals surface area contributed by atoms with E-state index >= 15 is 0 Å². The van der Waals surface area contributed by atoms with Crippen LogP contribution in [0.1, 0.15) is 30.7 Å². The van der Waals surface area contributed by atoms with Gasteiger partial charge in [-0.15, -0.1) is 10.2 Å². The van der Waals surface area contributed by atoms with Crippen molar-refractivity contribution in [2.45, 2.75) is 25.1 Å². The first-order valence-electron chi connectivity index (χ1n) is 7.94. The molecule has 0 unspecified atom stereocenters. The number of hydrogen-bond donors (Lipinski definition) is 0. The van der Waals surface area contributed by atoms with E-state index < -0.39 is 12.2 Å². The van der Waals surface area contributed by atoms with Crippen molar-refractivity contribution in [3.05, 3.63) is 58.2 Å². The van der Waals surface area contributed by atoms with Crippen LogP contribution in [-0.2, 0) is 6.61 Å². The van der Waals surface area contributed by atoms with E-state index in [2.05, 4.69) is 31.2 Å². The molecule has 0 saturated carbocycles. The van der Waals surface area contributed by atoms with Crippen molar-refractivity contribution < 1.29 is 17.9 Å². The highest BCUT2D eigenvalue weighted by atomic mass is 79.9. The Bertz CT molecular complexity index is 912. The van der Waals surface area contributed by atoms with E-state index in [1.165, 1.54) is 18.0 Å². The molecule has 0 aliphatic rings. The summed E-state index contributed by atoms with van der Waals surface area (Å²) in [4.78, 5) is 0. The van der Waals surface area contributed by atoms with E-state index in [1.807, 2.05) is 31.2 Å². The summed E-state index contributed by atoms with van der Waals surface area (Å²) >= 11 is 4.63. The number of benzene rings is 1. The Balaban J connectivity index is 1.68. The number of alkyl halides is 2. The van der Waals surface area contributed by atoms with Gasteiger partial charge in [0.15, 0.2) is 0 Å². The average Bonchev–Trinajstić information content (AvgIpc) is 3.26. The number of nitrogens with zero attached hydrogens (tertiary/aromatic N) is 4. The molecule has 2 heterocycles. The minimum absolute atomic E-state index is 0.237. The molecule has 0 radical (unpaired) electrons. The lowest BCUT2D eigenvalue weighted by molar-refractivity contribution is 0.135. The van der Waals surface area contributed by atoms with Crippen LogP contribution in [0.2, 0.25) is 0 Å². The van der Waals surface area contributed by atoms with Gasteiger partial charge in [0.05, 0.1) is 6.21 Å². The molecule has 0 spiro atoms. The first kappa shape index (κ1) is 19.6. The minimum atomic E-state index is -2.77. The van der Waals surface area contributed by atoms with Gasteiger partial charge < -0.3 is 9.15 Å². The van der Waals surface area contributed by atoms with Gasteiger partial charge in [0.25, 0.3) is 6.43 Å². The van der Waals surface area contributed by atoms with Crippen molar-refractivity contribution in [1.29, 1.82) is 0 Å². The number of thioether (sulfide) groups is 1. The van der Waals surface area contributed by atoms with Gasteiger partial charge in [0.1, 0.15) is 23.9 Å². The van der Waals surface area contributed by atoms with Gasteiger partial charge >= 0.3 is 0 Å². The molecule has 0 N–H and O–H groups in total. The Labute approximate surface area is 166 Å². The average molecular weight is 457 g/mol. The highest BCUT2D eigenvalue weighted by molar-refractivity contribution is 9.10. The molecule has 6 nitrogen and oxygen atoms in total. The number of aromatic nitrogens is 3. The van der Waals surface area contributed by atoms with E-state index in [4.69, 9.17) is 9.15 Å². The zero-order chi connectivity index (χ0) is 19.2. The largest absolute Gasteiger partial charge is 0.486 e. The van der Waals surface area contributed by atoms with Gasteiger partial charge in [0.2, 0.25) is 11.0 Å². The van der Waals surface area contributed by atoms with Crippen LogP contribution in [0.3, 0.4) is 0 Å². The van der Waals surface area contributed by atoms with E-state index in [9.17, 15) is 8.78 Å². The maximum atomic E-state index is 13.0. The number of halogens is 3. The van der Waals surface area contributed by atoms with Crippen LogP contribution in [0, 0.1) is 0 Å². The van der Waals surface area contributed by atoms with Crippen molar-refractivity contribution in [2.75, 3.05) is 5.75 Å². The predicted octanol–water partition coefficient (Wildman–Crippen LogP) is 5.14. The summed E-state index contributed by atoms with van der Waals surface area (Å²) in [6.07, 6.45) is -1.43. The van der Waals surface area contributed by atoms with Crippen LogP contribution >= 0.6 is 27.7 Å². The molecule has 27 heavy (non-hydrogen) atoms. The van der Waals surface area contributed by atoms with Crippen LogP contribution in [0.15, 0.2) is 55.5 Å². The molecule has 0 aliphatic carbocycles. The standard InChI is InChI=1S/C17H15BrF2N4O2S/c1-2-27-17-23-22-16(15(19)20)24(17)21-9-13-7-8-14(26-13)10-25-12-5-3-11(18)4-6-12/h3-9,15H,2,10H2,1H3/b21-9+. The molecule has 3 rings (SSSR count). The van der Waals surface area contributed by atoms with E-state index in [-0.39, 0.29) is 6.61 Å². The molecule has 0 amide bonds. The summed E-state index contributed by atoms with van der Waals surface area (Å²) in [5, 5.41) is 11.6. The smallest absolute Gasteiger partial charge is 0.299 e. The lowest BCUT2D eigenvalue weighted by Crippen LogP contribution is -2.00. The summed E-state index contributed by atoms with van der Waals surface area (Å²) in [5.74, 6) is 1.85. The molecule has 142 valence electrons. The van der Waals surface area contributed by atoms with Gasteiger partial charge in [-0.1, -0.05) is 34.6 Å². The molecule has 3 aromatic rings. The number of hydrogen-bond acceptors (Lipinski definition) is 6. The molecule has 0 bridgehead atoms. The highest BCUT2D eigenvalue weighted by Crippen LogP contribution is 2.23. The lowest BCUT2D eigenvalue weighted by atomic mass is 10.3. The van der Waals surface area contributed by atoms with Crippen molar-refractivity contribution in [2.24, 2.45) is 5.10 Å². The van der Waals surface area contributed by atoms with E-state index in [0.717, 1.165) is 9.15 Å². The Morgan fingerprint density at radius 3 is 2.74 bits per heavy atom. The molecule has 2 aromatic heterocycles. The SMILES string of the molecule is CCSc1nnc(C(F)F)n1/N=C/c1ccc(COc2ccc(Br)cc2)o1. The Morgan fingerprint density at radius 2 is 2.04 bits per heavy atom. The molecule has 0 atom stereocenters. The van der Waals surface area contributed by atoms with Crippen LogP contribution in [-0.4, -0.2) is 26.8 Å². The molecule has 0 aliphatic heterocycles. The normalized spacial score (nSPS) is 11.6. The van der Waals surface area contributed by atoms with Gasteiger partial charge in [-0.05, 0) is 42.2 Å². The second-order valence-electron chi connectivity index (χ2n) is 5.18. The second-order valence-corrected chi connectivity index (χ2v) is 7.32. The Morgan fingerprint density at radius 1 is 1.26 bits per heavy atom. The molecular formula is C17H15BrF2N4O2S. The lowest BCUT2D eigenvalue weighted by Gasteiger charge is -2.03. The Kier molecular flexibility index (Phi) is 6.62. The third-order valence-electron chi connectivity index (χ3n) is 3.28. The van der Waals surface area contributed by atoms with Crippen LogP contribution < -0.4 is 4.74 Å². The van der Waals surface area contributed by atoms with Crippen molar-refractivity contribution in [3.63, 3.8) is 0 Å². The van der Waals surface area contributed by atoms with Crippen molar-refractivity contribution >= 4 is 33.9 Å². The number of furan rings is 1. The third-order valence-corrected chi connectivity index (χ3v) is 4.61. The summed E-state index contributed by atoms with van der Waals surface area (Å²) in [7, 11) is 0. The van der Waals surface area contributed by atoms with Crippen LogP contribution in [0.5, 0.6) is 5.75 Å². The highest BCUT2D eigenvalue weighted by Gasteiger charge is 2.19. The topological polar surface area (TPSA) is 65.4 Å². The van der Waals surface area contributed by atoms with Crippen molar-refractivity contribution in [3.8, 4) is 5.75 Å². The maximum Gasteiger partial charge on any atom is 0.299 e. The molecule has 10 heteroatoms. The minimum Gasteiger partial charge on any atom is -0.486 e. The van der Waals surface area contributed by atoms with Crippen molar-refractivity contribution in [1.82, 2.24) is 14.9 Å². The molecule has 1 aromatic carbocycles. The van der Waals surface area contributed by atoms with Gasteiger partial charge in [0, 0.05) is 4.47 Å². The van der Waals surface area contributed by atoms with Gasteiger partial charge in [-0.25, -0.2) is 8.78 Å². The number of ether oxygens (including phenoxy) is 1. The molecule has 0 saturated heterocycles. The summed E-state index contributed by atoms with van der Waals surface area (Å²) in [6, 6.07) is 10.8. The summed E-state index contributed by atoms with van der Waals surface area (Å²) in [5.41, 5.74) is 0. The van der Waals surface area contributed by atoms with Gasteiger partial charge in [-0.2, -0.15) is 9.78 Å². The van der Waals surface area contributed by atoms with Crippen LogP contribution in [0.4, 0.5) is 8.78 Å². The zero-order valence-corrected chi connectivity index (χ0v) is 16.6. The quantitative estimate of drug-likeness (QED) is 0.346. The van der Waals surface area contributed by atoms with E-state index in [0.29, 0.717) is 28.2 Å². The predicted molar refractivity (Wildman–Crippen MR) is 102 cm³/mol. The summed E-state index contributed by atoms with van der Waals surface area (Å²) < 4.78 is 39.3. The molecular weight excluding hydrogens is 442 g/mol. The zero-order valence-electron chi connectivity index (χ0n) is 14.2. The van der Waals surface area contributed by atoms with Crippen LogP contribution in [0.25, 0.3) is 0 Å². The fraction of sp³-hybridized carbons (Fsp3) is 0.235. The van der Waals surface area contributed by atoms with E-state index in [1.54, 1.807) is 12.1 Å². The monoisotopic (exact) mass is 456 g/mol. The first-order valence-corrected chi connectivity index (χ1v) is 9.72. The first-order chi connectivity index (χ1) is 13.1. The molecule has 0 fully saturated rings. The fourth-order valence-electron chi connectivity index (χ4n) is 2.08. The fourth-order valence-corrected chi connectivity index (χ4v) is 2.97. The Hall–Kier alpha value is -2.20. The third kappa shape index (κ3) is 5.16. The summed E-state index contributed by atoms with van der Waals surface area (Å²) in [6.45, 7) is 2.13.